The van der Waals surface area contributed by atoms with E-state index in [2.05, 4.69) is 4.98 Å². The third kappa shape index (κ3) is 1.81. The summed E-state index contributed by atoms with van der Waals surface area (Å²) in [6.45, 7) is 1.96. The maximum absolute atomic E-state index is 12.9. The maximum atomic E-state index is 12.9. The van der Waals surface area contributed by atoms with Crippen LogP contribution in [0.3, 0.4) is 0 Å². The summed E-state index contributed by atoms with van der Waals surface area (Å²) >= 11 is 0. The standard InChI is InChI=1S/C17H14N4O2/c1-10-6-8-11(9-7-10)20-16(22)14-15(18)19-12-4-2-3-5-13(12)21(14)17(20)23/h2-9,22H,1H3,(H2,18,19). The highest BCUT2D eigenvalue weighted by Gasteiger charge is 2.20. The van der Waals surface area contributed by atoms with Crippen molar-refractivity contribution in [2.75, 3.05) is 5.73 Å². The van der Waals surface area contributed by atoms with Gasteiger partial charge in [0, 0.05) is 0 Å². The van der Waals surface area contributed by atoms with Gasteiger partial charge in [-0.3, -0.25) is 4.40 Å². The fraction of sp³-hybridized carbons (Fsp3) is 0.0588. The predicted molar refractivity (Wildman–Crippen MR) is 89.1 cm³/mol. The van der Waals surface area contributed by atoms with Crippen LogP contribution in [-0.4, -0.2) is 19.1 Å². The first-order valence-corrected chi connectivity index (χ1v) is 7.15. The Bertz CT molecular complexity index is 1110. The van der Waals surface area contributed by atoms with Crippen molar-refractivity contribution in [2.45, 2.75) is 6.92 Å². The molecule has 0 atom stereocenters. The number of anilines is 1. The molecular formula is C17H14N4O2. The monoisotopic (exact) mass is 306 g/mol. The molecule has 4 rings (SSSR count). The van der Waals surface area contributed by atoms with Gasteiger partial charge in [0.05, 0.1) is 16.7 Å². The first-order chi connectivity index (χ1) is 11.1. The van der Waals surface area contributed by atoms with E-state index in [0.29, 0.717) is 16.7 Å². The van der Waals surface area contributed by atoms with Crippen LogP contribution in [0.1, 0.15) is 5.56 Å². The average Bonchev–Trinajstić information content (AvgIpc) is 2.81. The van der Waals surface area contributed by atoms with Gasteiger partial charge in [0.1, 0.15) is 0 Å². The van der Waals surface area contributed by atoms with Crippen LogP contribution in [0, 0.1) is 6.92 Å². The number of fused-ring (bicyclic) bond motifs is 3. The summed E-state index contributed by atoms with van der Waals surface area (Å²) < 4.78 is 2.63. The number of benzene rings is 2. The van der Waals surface area contributed by atoms with E-state index in [0.717, 1.165) is 5.56 Å². The van der Waals surface area contributed by atoms with Crippen LogP contribution in [0.4, 0.5) is 5.82 Å². The molecule has 2 aromatic heterocycles. The third-order valence-electron chi connectivity index (χ3n) is 3.93. The molecule has 0 amide bonds. The zero-order valence-electron chi connectivity index (χ0n) is 12.4. The van der Waals surface area contributed by atoms with E-state index >= 15 is 0 Å². The zero-order chi connectivity index (χ0) is 16.1. The van der Waals surface area contributed by atoms with E-state index in [1.807, 2.05) is 31.2 Å². The van der Waals surface area contributed by atoms with Gasteiger partial charge in [-0.1, -0.05) is 29.8 Å². The largest absolute Gasteiger partial charge is 0.493 e. The number of rotatable bonds is 1. The van der Waals surface area contributed by atoms with Gasteiger partial charge in [0.25, 0.3) is 0 Å². The van der Waals surface area contributed by atoms with Crippen molar-refractivity contribution in [3.05, 3.63) is 64.6 Å². The number of nitrogens with zero attached hydrogens (tertiary/aromatic N) is 3. The number of aromatic nitrogens is 3. The molecule has 2 aromatic carbocycles. The van der Waals surface area contributed by atoms with Gasteiger partial charge in [-0.05, 0) is 31.2 Å². The Morgan fingerprint density at radius 2 is 1.78 bits per heavy atom. The van der Waals surface area contributed by atoms with Gasteiger partial charge in [0.2, 0.25) is 5.88 Å². The van der Waals surface area contributed by atoms with E-state index in [9.17, 15) is 9.90 Å². The smallest absolute Gasteiger partial charge is 0.341 e. The summed E-state index contributed by atoms with van der Waals surface area (Å²) in [6.07, 6.45) is 0. The lowest BCUT2D eigenvalue weighted by molar-refractivity contribution is 0.446. The lowest BCUT2D eigenvalue weighted by atomic mass is 10.2. The van der Waals surface area contributed by atoms with E-state index < -0.39 is 0 Å². The molecule has 0 aliphatic rings. The minimum Gasteiger partial charge on any atom is -0.493 e. The Kier molecular flexibility index (Phi) is 2.68. The first-order valence-electron chi connectivity index (χ1n) is 7.15. The number of nitrogens with two attached hydrogens (primary N) is 1. The molecule has 4 aromatic rings. The van der Waals surface area contributed by atoms with Crippen molar-refractivity contribution in [3.8, 4) is 11.6 Å². The Balaban J connectivity index is 2.20. The third-order valence-corrected chi connectivity index (χ3v) is 3.93. The summed E-state index contributed by atoms with van der Waals surface area (Å²) in [7, 11) is 0. The topological polar surface area (TPSA) is 85.5 Å². The molecule has 23 heavy (non-hydrogen) atoms. The van der Waals surface area contributed by atoms with Crippen LogP contribution >= 0.6 is 0 Å². The van der Waals surface area contributed by atoms with Crippen molar-refractivity contribution in [3.63, 3.8) is 0 Å². The van der Waals surface area contributed by atoms with Gasteiger partial charge in [0.15, 0.2) is 11.3 Å². The number of aryl methyl sites for hydroxylation is 1. The number of aromatic hydroxyl groups is 1. The summed E-state index contributed by atoms with van der Waals surface area (Å²) in [5.41, 5.74) is 8.64. The van der Waals surface area contributed by atoms with Crippen molar-refractivity contribution >= 4 is 22.4 Å². The molecule has 6 heteroatoms. The van der Waals surface area contributed by atoms with E-state index in [4.69, 9.17) is 5.73 Å². The normalized spacial score (nSPS) is 11.3. The van der Waals surface area contributed by atoms with Gasteiger partial charge < -0.3 is 10.8 Å². The number of hydrogen-bond acceptors (Lipinski definition) is 4. The summed E-state index contributed by atoms with van der Waals surface area (Å²) in [6, 6.07) is 14.5. The molecule has 0 spiro atoms. The van der Waals surface area contributed by atoms with Crippen molar-refractivity contribution < 1.29 is 5.11 Å². The molecule has 0 unspecified atom stereocenters. The molecule has 0 aliphatic heterocycles. The Morgan fingerprint density at radius 3 is 2.52 bits per heavy atom. The fourth-order valence-corrected chi connectivity index (χ4v) is 2.80. The quantitative estimate of drug-likeness (QED) is 0.565. The fourth-order valence-electron chi connectivity index (χ4n) is 2.80. The lowest BCUT2D eigenvalue weighted by Crippen LogP contribution is -2.19. The molecule has 114 valence electrons. The minimum absolute atomic E-state index is 0.115. The molecule has 2 heterocycles. The van der Waals surface area contributed by atoms with Crippen LogP contribution in [0.15, 0.2) is 53.3 Å². The molecule has 0 radical (unpaired) electrons. The van der Waals surface area contributed by atoms with Crippen LogP contribution in [0.25, 0.3) is 22.2 Å². The molecule has 0 saturated heterocycles. The Hall–Kier alpha value is -3.28. The number of imidazole rings is 1. The highest BCUT2D eigenvalue weighted by molar-refractivity contribution is 5.86. The zero-order valence-corrected chi connectivity index (χ0v) is 12.4. The molecule has 3 N–H and O–H groups in total. The Labute approximate surface area is 131 Å². The number of para-hydroxylation sites is 2. The molecular weight excluding hydrogens is 292 g/mol. The summed E-state index contributed by atoms with van der Waals surface area (Å²) in [5.74, 6) is -0.0984. The highest BCUT2D eigenvalue weighted by atomic mass is 16.3. The van der Waals surface area contributed by atoms with Gasteiger partial charge in [-0.2, -0.15) is 0 Å². The van der Waals surface area contributed by atoms with E-state index in [1.54, 1.807) is 24.3 Å². The minimum atomic E-state index is -0.383. The SMILES string of the molecule is Cc1ccc(-n2c(O)c3c(N)nc4ccccc4n3c2=O)cc1. The second-order valence-corrected chi connectivity index (χ2v) is 5.45. The highest BCUT2D eigenvalue weighted by Crippen LogP contribution is 2.28. The Morgan fingerprint density at radius 1 is 1.09 bits per heavy atom. The maximum Gasteiger partial charge on any atom is 0.341 e. The second kappa shape index (κ2) is 4.61. The first kappa shape index (κ1) is 13.4. The molecule has 0 fully saturated rings. The molecule has 0 bridgehead atoms. The van der Waals surface area contributed by atoms with Crippen LogP contribution in [0.2, 0.25) is 0 Å². The van der Waals surface area contributed by atoms with E-state index in [1.165, 1.54) is 8.97 Å². The van der Waals surface area contributed by atoms with Crippen LogP contribution < -0.4 is 11.4 Å². The molecule has 6 nitrogen and oxygen atoms in total. The van der Waals surface area contributed by atoms with Crippen molar-refractivity contribution in [2.24, 2.45) is 0 Å². The van der Waals surface area contributed by atoms with Crippen LogP contribution in [-0.2, 0) is 0 Å². The average molecular weight is 306 g/mol. The summed E-state index contributed by atoms with van der Waals surface area (Å²) in [4.78, 5) is 17.2. The molecule has 0 saturated carbocycles. The summed E-state index contributed by atoms with van der Waals surface area (Å²) in [5, 5.41) is 10.6. The van der Waals surface area contributed by atoms with Gasteiger partial charge >= 0.3 is 5.69 Å². The van der Waals surface area contributed by atoms with Gasteiger partial charge in [-0.15, -0.1) is 0 Å². The van der Waals surface area contributed by atoms with Crippen molar-refractivity contribution in [1.29, 1.82) is 0 Å². The van der Waals surface area contributed by atoms with Gasteiger partial charge in [-0.25, -0.2) is 14.3 Å². The number of nitrogen functional groups attached to an aromatic ring is 1. The van der Waals surface area contributed by atoms with Crippen LogP contribution in [0.5, 0.6) is 5.88 Å². The van der Waals surface area contributed by atoms with Crippen molar-refractivity contribution in [1.82, 2.24) is 14.0 Å². The second-order valence-electron chi connectivity index (χ2n) is 5.45. The lowest BCUT2D eigenvalue weighted by Gasteiger charge is -2.03. The predicted octanol–water partition coefficient (Wildman–Crippen LogP) is 2.23. The molecule has 0 aliphatic carbocycles. The number of hydrogen-bond donors (Lipinski definition) is 2. The van der Waals surface area contributed by atoms with E-state index in [-0.39, 0.29) is 22.9 Å².